The van der Waals surface area contributed by atoms with Gasteiger partial charge in [0.25, 0.3) is 11.8 Å². The molecule has 1 aromatic heterocycles. The first-order valence-electron chi connectivity index (χ1n) is 12.1. The van der Waals surface area contributed by atoms with Crippen molar-refractivity contribution in [3.8, 4) is 23.0 Å². The SMILES string of the molecule is O=C(c1ccc2c(c1)OCO2)N1CCC(c2noc(-c3ccc(S(=O)(=O)N4CCCC4)cc3)n2)CC1. The van der Waals surface area contributed by atoms with Gasteiger partial charge in [-0.1, -0.05) is 5.16 Å². The molecule has 0 saturated carbocycles. The Morgan fingerprint density at radius 2 is 1.64 bits per heavy atom. The molecule has 11 heteroatoms. The Hall–Kier alpha value is -3.44. The third-order valence-electron chi connectivity index (χ3n) is 7.01. The molecule has 36 heavy (non-hydrogen) atoms. The highest BCUT2D eigenvalue weighted by Crippen LogP contribution is 2.34. The summed E-state index contributed by atoms with van der Waals surface area (Å²) < 4.78 is 43.2. The Kier molecular flexibility index (Phi) is 5.88. The number of hydrogen-bond acceptors (Lipinski definition) is 8. The van der Waals surface area contributed by atoms with Crippen molar-refractivity contribution in [3.63, 3.8) is 0 Å². The number of aromatic nitrogens is 2. The Bertz CT molecular complexity index is 1370. The zero-order valence-electron chi connectivity index (χ0n) is 19.6. The third kappa shape index (κ3) is 4.22. The standard InChI is InChI=1S/C25H26N4O6S/c30-25(19-5-8-21-22(15-19)34-16-33-21)28-13-9-17(10-14-28)23-26-24(35-27-23)18-3-6-20(7-4-18)36(31,32)29-11-1-2-12-29/h3-8,15,17H,1-2,9-14,16H2. The molecule has 3 aromatic rings. The number of likely N-dealkylation sites (tertiary alicyclic amines) is 1. The van der Waals surface area contributed by atoms with Crippen LogP contribution in [0.5, 0.6) is 11.5 Å². The fraction of sp³-hybridized carbons (Fsp3) is 0.400. The number of fused-ring (bicyclic) bond motifs is 1. The molecule has 3 aliphatic heterocycles. The summed E-state index contributed by atoms with van der Waals surface area (Å²) in [5, 5.41) is 4.17. The van der Waals surface area contributed by atoms with Gasteiger partial charge in [-0.05, 0) is 68.1 Å². The van der Waals surface area contributed by atoms with Gasteiger partial charge in [-0.3, -0.25) is 4.79 Å². The Labute approximate surface area is 208 Å². The molecule has 2 fully saturated rings. The van der Waals surface area contributed by atoms with E-state index in [1.54, 1.807) is 42.5 Å². The molecule has 1 amide bonds. The van der Waals surface area contributed by atoms with Crippen LogP contribution in [0, 0.1) is 0 Å². The number of benzene rings is 2. The van der Waals surface area contributed by atoms with Crippen molar-refractivity contribution >= 4 is 15.9 Å². The monoisotopic (exact) mass is 510 g/mol. The van der Waals surface area contributed by atoms with Gasteiger partial charge >= 0.3 is 0 Å². The molecule has 0 unspecified atom stereocenters. The molecule has 3 aliphatic rings. The van der Waals surface area contributed by atoms with E-state index in [0.717, 1.165) is 25.7 Å². The first kappa shape index (κ1) is 23.0. The van der Waals surface area contributed by atoms with Crippen LogP contribution in [-0.4, -0.2) is 66.6 Å². The minimum absolute atomic E-state index is 0.0375. The van der Waals surface area contributed by atoms with Gasteiger partial charge in [-0.2, -0.15) is 9.29 Å². The molecule has 0 atom stereocenters. The summed E-state index contributed by atoms with van der Waals surface area (Å²) in [6, 6.07) is 11.8. The second-order valence-corrected chi connectivity index (χ2v) is 11.2. The molecule has 0 aliphatic carbocycles. The van der Waals surface area contributed by atoms with Gasteiger partial charge in [0.2, 0.25) is 16.8 Å². The van der Waals surface area contributed by atoms with Gasteiger partial charge in [0.1, 0.15) is 0 Å². The molecule has 0 N–H and O–H groups in total. The van der Waals surface area contributed by atoms with E-state index < -0.39 is 10.0 Å². The van der Waals surface area contributed by atoms with Gasteiger partial charge < -0.3 is 18.9 Å². The van der Waals surface area contributed by atoms with Crippen molar-refractivity contribution in [2.45, 2.75) is 36.5 Å². The van der Waals surface area contributed by atoms with Crippen molar-refractivity contribution in [3.05, 3.63) is 53.9 Å². The van der Waals surface area contributed by atoms with Crippen LogP contribution in [0.25, 0.3) is 11.5 Å². The summed E-state index contributed by atoms with van der Waals surface area (Å²) in [5.41, 5.74) is 1.25. The lowest BCUT2D eigenvalue weighted by atomic mass is 9.95. The lowest BCUT2D eigenvalue weighted by Crippen LogP contribution is -2.38. The first-order valence-corrected chi connectivity index (χ1v) is 13.6. The quantitative estimate of drug-likeness (QED) is 0.514. The summed E-state index contributed by atoms with van der Waals surface area (Å²) in [6.07, 6.45) is 3.24. The second kappa shape index (κ2) is 9.21. The zero-order valence-corrected chi connectivity index (χ0v) is 20.4. The summed E-state index contributed by atoms with van der Waals surface area (Å²) in [6.45, 7) is 2.49. The normalized spacial score (nSPS) is 18.6. The highest BCUT2D eigenvalue weighted by Gasteiger charge is 2.29. The maximum atomic E-state index is 12.9. The number of amides is 1. The highest BCUT2D eigenvalue weighted by atomic mass is 32.2. The number of piperidine rings is 1. The van der Waals surface area contributed by atoms with Crippen LogP contribution < -0.4 is 9.47 Å². The maximum Gasteiger partial charge on any atom is 0.257 e. The molecule has 10 nitrogen and oxygen atoms in total. The van der Waals surface area contributed by atoms with E-state index in [4.69, 9.17) is 14.0 Å². The van der Waals surface area contributed by atoms with Crippen LogP contribution in [0.1, 0.15) is 47.8 Å². The van der Waals surface area contributed by atoms with Crippen LogP contribution in [0.3, 0.4) is 0 Å². The van der Waals surface area contributed by atoms with E-state index in [2.05, 4.69) is 10.1 Å². The van der Waals surface area contributed by atoms with E-state index >= 15 is 0 Å². The Balaban J connectivity index is 1.09. The first-order chi connectivity index (χ1) is 17.5. The Morgan fingerprint density at radius 1 is 0.917 bits per heavy atom. The van der Waals surface area contributed by atoms with Crippen LogP contribution in [0.2, 0.25) is 0 Å². The van der Waals surface area contributed by atoms with Crippen molar-refractivity contribution in [1.29, 1.82) is 0 Å². The molecule has 0 bridgehead atoms. The number of hydrogen-bond donors (Lipinski definition) is 0. The van der Waals surface area contributed by atoms with Gasteiger partial charge in [0.05, 0.1) is 4.90 Å². The van der Waals surface area contributed by atoms with E-state index in [0.29, 0.717) is 60.5 Å². The van der Waals surface area contributed by atoms with Crippen LogP contribution in [-0.2, 0) is 10.0 Å². The number of sulfonamides is 1. The summed E-state index contributed by atoms with van der Waals surface area (Å²) in [7, 11) is -3.46. The van der Waals surface area contributed by atoms with Crippen molar-refractivity contribution in [2.75, 3.05) is 33.0 Å². The average molecular weight is 511 g/mol. The Morgan fingerprint density at radius 3 is 2.39 bits per heavy atom. The molecular formula is C25H26N4O6S. The lowest BCUT2D eigenvalue weighted by Gasteiger charge is -2.30. The number of nitrogens with zero attached hydrogens (tertiary/aromatic N) is 4. The van der Waals surface area contributed by atoms with Crippen molar-refractivity contribution in [2.24, 2.45) is 0 Å². The molecule has 6 rings (SSSR count). The number of carbonyl (C=O) groups is 1. The number of rotatable bonds is 5. The number of ether oxygens (including phenoxy) is 2. The predicted octanol–water partition coefficient (Wildman–Crippen LogP) is 3.27. The van der Waals surface area contributed by atoms with E-state index in [9.17, 15) is 13.2 Å². The molecule has 0 radical (unpaired) electrons. The highest BCUT2D eigenvalue weighted by molar-refractivity contribution is 7.89. The smallest absolute Gasteiger partial charge is 0.257 e. The van der Waals surface area contributed by atoms with E-state index in [1.165, 1.54) is 4.31 Å². The molecule has 188 valence electrons. The number of carbonyl (C=O) groups excluding carboxylic acids is 1. The van der Waals surface area contributed by atoms with Crippen LogP contribution >= 0.6 is 0 Å². The molecule has 4 heterocycles. The zero-order chi connectivity index (χ0) is 24.7. The van der Waals surface area contributed by atoms with E-state index in [1.807, 2.05) is 4.90 Å². The molecule has 0 spiro atoms. The minimum Gasteiger partial charge on any atom is -0.454 e. The van der Waals surface area contributed by atoms with Gasteiger partial charge in [0.15, 0.2) is 17.3 Å². The van der Waals surface area contributed by atoms with Crippen LogP contribution in [0.4, 0.5) is 0 Å². The van der Waals surface area contributed by atoms with E-state index in [-0.39, 0.29) is 23.5 Å². The fourth-order valence-corrected chi connectivity index (χ4v) is 6.43. The molecule has 2 saturated heterocycles. The van der Waals surface area contributed by atoms with Gasteiger partial charge in [-0.25, -0.2) is 8.42 Å². The summed E-state index contributed by atoms with van der Waals surface area (Å²) >= 11 is 0. The molecular weight excluding hydrogens is 484 g/mol. The van der Waals surface area contributed by atoms with Crippen molar-refractivity contribution < 1.29 is 27.2 Å². The maximum absolute atomic E-state index is 12.9. The summed E-state index contributed by atoms with van der Waals surface area (Å²) in [5.74, 6) is 2.25. The van der Waals surface area contributed by atoms with Gasteiger partial charge in [0, 0.05) is 43.2 Å². The second-order valence-electron chi connectivity index (χ2n) is 9.23. The van der Waals surface area contributed by atoms with Crippen LogP contribution in [0.15, 0.2) is 51.9 Å². The van der Waals surface area contributed by atoms with Crippen molar-refractivity contribution in [1.82, 2.24) is 19.3 Å². The fourth-order valence-electron chi connectivity index (χ4n) is 4.92. The largest absolute Gasteiger partial charge is 0.454 e. The summed E-state index contributed by atoms with van der Waals surface area (Å²) in [4.78, 5) is 19.6. The minimum atomic E-state index is -3.46. The average Bonchev–Trinajstić information content (AvgIpc) is 3.70. The topological polar surface area (TPSA) is 115 Å². The van der Waals surface area contributed by atoms with Gasteiger partial charge in [-0.15, -0.1) is 0 Å². The third-order valence-corrected chi connectivity index (χ3v) is 8.93. The molecule has 2 aromatic carbocycles. The lowest BCUT2D eigenvalue weighted by molar-refractivity contribution is 0.0710. The predicted molar refractivity (Wildman–Crippen MR) is 128 cm³/mol.